The molecule has 8 nitrogen and oxygen atoms in total. The predicted molar refractivity (Wildman–Crippen MR) is 219 cm³/mol. The van der Waals surface area contributed by atoms with Crippen molar-refractivity contribution in [3.8, 4) is 0 Å². The standard InChI is InChI=1S/C46H52N4O4/c1-3-5-7-9-10-12-26-50-44(52)32-20-18-30-39-35(47-21-13-14-22-47)27-33-37-31(43(51)49(45(33)53)25-11-8-6-4-2)19-17-29(41(37)39)40-36(48-23-15-16-24-48)28-34(46(50)54)38(32)42(30)40/h17-20,27-28H,3-16,21-26H2,1-2H3. The first-order valence-electron chi connectivity index (χ1n) is 20.9. The van der Waals surface area contributed by atoms with Crippen LogP contribution in [-0.2, 0) is 0 Å². The number of fused-ring (bicyclic) bond motifs is 2. The second kappa shape index (κ2) is 14.2. The zero-order valence-electron chi connectivity index (χ0n) is 32.0. The summed E-state index contributed by atoms with van der Waals surface area (Å²) in [4.78, 5) is 65.3. The Morgan fingerprint density at radius 2 is 0.796 bits per heavy atom. The van der Waals surface area contributed by atoms with Crippen LogP contribution < -0.4 is 9.80 Å². The van der Waals surface area contributed by atoms with E-state index in [2.05, 4.69) is 47.9 Å². The van der Waals surface area contributed by atoms with Crippen molar-refractivity contribution in [1.29, 1.82) is 0 Å². The minimum atomic E-state index is -0.215. The van der Waals surface area contributed by atoms with Crippen LogP contribution >= 0.6 is 0 Å². The Morgan fingerprint density at radius 3 is 1.22 bits per heavy atom. The van der Waals surface area contributed by atoms with Crippen LogP contribution in [0.5, 0.6) is 0 Å². The number of amides is 4. The molecule has 4 heterocycles. The molecule has 0 aliphatic carbocycles. The molecule has 5 aromatic carbocycles. The van der Waals surface area contributed by atoms with Crippen LogP contribution in [0.1, 0.15) is 145 Å². The SMILES string of the molecule is CCCCCCCCN1C(=O)c2ccc3c4c(N5CCCC5)cc5c6c(ccc(c7c(N8CCCC8)cc(c2c37)C1=O)c64)C(=O)N(CCCCCC)C5=O. The van der Waals surface area contributed by atoms with E-state index in [9.17, 15) is 19.2 Å². The van der Waals surface area contributed by atoms with Gasteiger partial charge >= 0.3 is 0 Å². The first kappa shape index (κ1) is 35.0. The van der Waals surface area contributed by atoms with Crippen molar-refractivity contribution < 1.29 is 19.2 Å². The van der Waals surface area contributed by atoms with E-state index in [1.165, 1.54) is 29.1 Å². The fraction of sp³-hybridized carbons (Fsp3) is 0.478. The van der Waals surface area contributed by atoms with Gasteiger partial charge in [-0.1, -0.05) is 77.3 Å². The molecule has 9 rings (SSSR count). The fourth-order valence-corrected chi connectivity index (χ4v) is 10.1. The van der Waals surface area contributed by atoms with Crippen molar-refractivity contribution in [3.63, 3.8) is 0 Å². The third-order valence-corrected chi connectivity index (χ3v) is 12.8. The molecule has 0 radical (unpaired) electrons. The van der Waals surface area contributed by atoms with Crippen LogP contribution in [0.25, 0.3) is 43.1 Å². The van der Waals surface area contributed by atoms with Gasteiger partial charge in [-0.2, -0.15) is 0 Å². The highest BCUT2D eigenvalue weighted by Gasteiger charge is 2.39. The van der Waals surface area contributed by atoms with Crippen molar-refractivity contribution in [2.24, 2.45) is 0 Å². The van der Waals surface area contributed by atoms with Crippen molar-refractivity contribution in [2.75, 3.05) is 49.1 Å². The summed E-state index contributed by atoms with van der Waals surface area (Å²) in [7, 11) is 0. The van der Waals surface area contributed by atoms with Gasteiger partial charge in [0.25, 0.3) is 23.6 Å². The molecule has 0 N–H and O–H groups in total. The van der Waals surface area contributed by atoms with Gasteiger partial charge in [0.2, 0.25) is 0 Å². The Labute approximate surface area is 317 Å². The lowest BCUT2D eigenvalue weighted by Crippen LogP contribution is -2.41. The van der Waals surface area contributed by atoms with E-state index in [0.717, 1.165) is 151 Å². The molecule has 2 saturated heterocycles. The molecule has 0 unspecified atom stereocenters. The number of carbonyl (C=O) groups excluding carboxylic acids is 4. The zero-order chi connectivity index (χ0) is 37.1. The van der Waals surface area contributed by atoms with Gasteiger partial charge in [0.05, 0.1) is 11.1 Å². The summed E-state index contributed by atoms with van der Waals surface area (Å²) in [5.41, 5.74) is 4.41. The quantitative estimate of drug-likeness (QED) is 0.0491. The summed E-state index contributed by atoms with van der Waals surface area (Å²) >= 11 is 0. The van der Waals surface area contributed by atoms with Crippen molar-refractivity contribution in [2.45, 2.75) is 104 Å². The highest BCUT2D eigenvalue weighted by Crippen LogP contribution is 2.52. The molecule has 0 atom stereocenters. The van der Waals surface area contributed by atoms with E-state index in [1.807, 2.05) is 12.1 Å². The maximum absolute atomic E-state index is 14.5. The van der Waals surface area contributed by atoms with Gasteiger partial charge in [-0.05, 0) is 73.6 Å². The number of hydrogen-bond donors (Lipinski definition) is 0. The largest absolute Gasteiger partial charge is 0.371 e. The Balaban J connectivity index is 1.30. The molecule has 8 heteroatoms. The van der Waals surface area contributed by atoms with E-state index >= 15 is 0 Å². The number of hydrogen-bond acceptors (Lipinski definition) is 6. The fourth-order valence-electron chi connectivity index (χ4n) is 10.1. The lowest BCUT2D eigenvalue weighted by Gasteiger charge is -2.33. The van der Waals surface area contributed by atoms with Gasteiger partial charge in [-0.25, -0.2) is 0 Å². The molecule has 0 bridgehead atoms. The van der Waals surface area contributed by atoms with Crippen LogP contribution in [0, 0.1) is 0 Å². The van der Waals surface area contributed by atoms with Crippen LogP contribution in [0.2, 0.25) is 0 Å². The van der Waals surface area contributed by atoms with Crippen LogP contribution in [0.4, 0.5) is 11.4 Å². The molecule has 4 aliphatic heterocycles. The lowest BCUT2D eigenvalue weighted by molar-refractivity contribution is 0.0592. The Hall–Kier alpha value is -4.72. The number of imide groups is 2. The topological polar surface area (TPSA) is 81.2 Å². The van der Waals surface area contributed by atoms with E-state index in [1.54, 1.807) is 0 Å². The van der Waals surface area contributed by atoms with Gasteiger partial charge in [0.1, 0.15) is 0 Å². The van der Waals surface area contributed by atoms with E-state index < -0.39 is 0 Å². The molecule has 2 fully saturated rings. The lowest BCUT2D eigenvalue weighted by atomic mass is 9.80. The maximum Gasteiger partial charge on any atom is 0.261 e. The van der Waals surface area contributed by atoms with E-state index in [0.29, 0.717) is 35.3 Å². The molecular weight excluding hydrogens is 673 g/mol. The van der Waals surface area contributed by atoms with Gasteiger partial charge in [0, 0.05) is 94.1 Å². The average Bonchev–Trinajstić information content (AvgIpc) is 3.93. The smallest absolute Gasteiger partial charge is 0.261 e. The summed E-state index contributed by atoms with van der Waals surface area (Å²) in [5, 5.41) is 7.39. The maximum atomic E-state index is 14.5. The van der Waals surface area contributed by atoms with Gasteiger partial charge in [-0.15, -0.1) is 0 Å². The predicted octanol–water partition coefficient (Wildman–Crippen LogP) is 10.1. The summed E-state index contributed by atoms with van der Waals surface area (Å²) in [6.07, 6.45) is 14.7. The minimum absolute atomic E-state index is 0.198. The minimum Gasteiger partial charge on any atom is -0.371 e. The molecular formula is C46H52N4O4. The highest BCUT2D eigenvalue weighted by atomic mass is 16.2. The van der Waals surface area contributed by atoms with Crippen LogP contribution in [0.15, 0.2) is 36.4 Å². The molecule has 4 amide bonds. The molecule has 280 valence electrons. The number of benzene rings is 5. The number of carbonyl (C=O) groups is 4. The van der Waals surface area contributed by atoms with E-state index in [-0.39, 0.29) is 23.6 Å². The molecule has 0 saturated carbocycles. The summed E-state index contributed by atoms with van der Waals surface area (Å²) in [5.74, 6) is -0.826. The van der Waals surface area contributed by atoms with Crippen molar-refractivity contribution in [1.82, 2.24) is 9.80 Å². The number of nitrogens with zero attached hydrogens (tertiary/aromatic N) is 4. The molecule has 0 aromatic heterocycles. The molecule has 54 heavy (non-hydrogen) atoms. The Morgan fingerprint density at radius 1 is 0.426 bits per heavy atom. The summed E-state index contributed by atoms with van der Waals surface area (Å²) in [6.45, 7) is 8.77. The normalized spacial score (nSPS) is 17.4. The summed E-state index contributed by atoms with van der Waals surface area (Å²) in [6, 6.07) is 12.2. The Kier molecular flexibility index (Phi) is 9.19. The zero-order valence-corrected chi connectivity index (χ0v) is 32.0. The third kappa shape index (κ3) is 5.37. The third-order valence-electron chi connectivity index (χ3n) is 12.8. The summed E-state index contributed by atoms with van der Waals surface area (Å²) < 4.78 is 0. The first-order valence-corrected chi connectivity index (χ1v) is 20.9. The Bertz CT molecular complexity index is 2330. The highest BCUT2D eigenvalue weighted by molar-refractivity contribution is 6.44. The number of unbranched alkanes of at least 4 members (excludes halogenated alkanes) is 8. The van der Waals surface area contributed by atoms with Crippen LogP contribution in [0.3, 0.4) is 0 Å². The van der Waals surface area contributed by atoms with Crippen LogP contribution in [-0.4, -0.2) is 72.7 Å². The number of anilines is 2. The monoisotopic (exact) mass is 724 g/mol. The second-order valence-corrected chi connectivity index (χ2v) is 16.2. The second-order valence-electron chi connectivity index (χ2n) is 16.2. The molecule has 5 aromatic rings. The first-order chi connectivity index (χ1) is 26.4. The molecule has 4 aliphatic rings. The van der Waals surface area contributed by atoms with Crippen molar-refractivity contribution in [3.05, 3.63) is 58.7 Å². The van der Waals surface area contributed by atoms with Gasteiger partial charge in [0.15, 0.2) is 0 Å². The number of rotatable bonds is 14. The average molecular weight is 725 g/mol. The molecule has 0 spiro atoms. The van der Waals surface area contributed by atoms with Gasteiger partial charge in [-0.3, -0.25) is 29.0 Å². The van der Waals surface area contributed by atoms with E-state index in [4.69, 9.17) is 0 Å². The van der Waals surface area contributed by atoms with Gasteiger partial charge < -0.3 is 9.80 Å². The van der Waals surface area contributed by atoms with Crippen molar-refractivity contribution >= 4 is 78.1 Å².